The van der Waals surface area contributed by atoms with Crippen LogP contribution in [0.5, 0.6) is 5.75 Å². The second kappa shape index (κ2) is 13.1. The number of Topliss-reactive ketones (excluding diaryl/α,β-unsaturated/α-hetero) is 2. The van der Waals surface area contributed by atoms with Gasteiger partial charge in [0.25, 0.3) is 0 Å². The van der Waals surface area contributed by atoms with Gasteiger partial charge in [0.15, 0.2) is 11.6 Å². The van der Waals surface area contributed by atoms with E-state index in [9.17, 15) is 9.59 Å². The zero-order valence-corrected chi connectivity index (χ0v) is 24.2. The van der Waals surface area contributed by atoms with Crippen molar-refractivity contribution in [2.75, 3.05) is 50.2 Å². The van der Waals surface area contributed by atoms with Crippen LogP contribution in [-0.4, -0.2) is 73.0 Å². The lowest BCUT2D eigenvalue weighted by Gasteiger charge is -2.20. The first-order valence-corrected chi connectivity index (χ1v) is 14.1. The van der Waals surface area contributed by atoms with Crippen LogP contribution in [0.3, 0.4) is 0 Å². The van der Waals surface area contributed by atoms with E-state index in [0.717, 1.165) is 49.1 Å². The number of nitrogens with zero attached hydrogens (tertiary/aromatic N) is 5. The molecule has 9 nitrogen and oxygen atoms in total. The zero-order chi connectivity index (χ0) is 27.9. The summed E-state index contributed by atoms with van der Waals surface area (Å²) in [5.41, 5.74) is 1.76. The van der Waals surface area contributed by atoms with Gasteiger partial charge in [-0.1, -0.05) is 19.1 Å². The lowest BCUT2D eigenvalue weighted by Crippen LogP contribution is -2.26. The summed E-state index contributed by atoms with van der Waals surface area (Å²) < 4.78 is 11.2. The number of anilines is 2. The third kappa shape index (κ3) is 7.39. The Hall–Kier alpha value is -3.37. The minimum Gasteiger partial charge on any atom is -0.489 e. The molecular formula is C29H37N5O4S. The van der Waals surface area contributed by atoms with Crippen LogP contribution in [0.2, 0.25) is 0 Å². The molecule has 1 saturated heterocycles. The minimum absolute atomic E-state index is 0.0433. The van der Waals surface area contributed by atoms with Crippen molar-refractivity contribution in [2.24, 2.45) is 0 Å². The van der Waals surface area contributed by atoms with Crippen LogP contribution in [0.25, 0.3) is 0 Å². The lowest BCUT2D eigenvalue weighted by molar-refractivity contribution is -0.121. The van der Waals surface area contributed by atoms with Crippen LogP contribution in [0, 0.1) is 6.92 Å². The van der Waals surface area contributed by atoms with Gasteiger partial charge >= 0.3 is 0 Å². The average Bonchev–Trinajstić information content (AvgIpc) is 3.55. The number of aromatic nitrogens is 3. The van der Waals surface area contributed by atoms with Crippen LogP contribution in [0.1, 0.15) is 58.5 Å². The Morgan fingerprint density at radius 3 is 2.69 bits per heavy atom. The Kier molecular flexibility index (Phi) is 9.63. The van der Waals surface area contributed by atoms with Gasteiger partial charge in [0.2, 0.25) is 5.95 Å². The van der Waals surface area contributed by atoms with Gasteiger partial charge in [-0.05, 0) is 43.5 Å². The normalized spacial score (nSPS) is 15.8. The maximum Gasteiger partial charge on any atom is 0.226 e. The van der Waals surface area contributed by atoms with E-state index in [1.165, 1.54) is 18.4 Å². The van der Waals surface area contributed by atoms with Crippen molar-refractivity contribution in [3.05, 3.63) is 57.7 Å². The van der Waals surface area contributed by atoms with Crippen molar-refractivity contribution in [2.45, 2.75) is 52.1 Å². The van der Waals surface area contributed by atoms with E-state index in [1.54, 1.807) is 0 Å². The molecule has 2 aromatic heterocycles. The van der Waals surface area contributed by atoms with E-state index >= 15 is 0 Å². The third-order valence-electron chi connectivity index (χ3n) is 6.90. The highest BCUT2D eigenvalue weighted by Gasteiger charge is 2.26. The highest BCUT2D eigenvalue weighted by molar-refractivity contribution is 7.14. The number of benzene rings is 1. The van der Waals surface area contributed by atoms with Crippen molar-refractivity contribution < 1.29 is 19.1 Å². The van der Waals surface area contributed by atoms with Crippen molar-refractivity contribution in [3.8, 4) is 5.75 Å². The molecule has 1 unspecified atom stereocenters. The fraction of sp³-hybridized carbons (Fsp3) is 0.483. The smallest absolute Gasteiger partial charge is 0.226 e. The summed E-state index contributed by atoms with van der Waals surface area (Å²) in [5, 5.41) is 0.658. The molecule has 4 rings (SSSR count). The second-order valence-corrected chi connectivity index (χ2v) is 11.1. The van der Waals surface area contributed by atoms with Gasteiger partial charge in [0.05, 0.1) is 23.5 Å². The number of carbonyl (C=O) groups excluding carboxylic acids is 2. The molecule has 1 aromatic carbocycles. The molecule has 0 bridgehead atoms. The monoisotopic (exact) mass is 551 g/mol. The van der Waals surface area contributed by atoms with Crippen molar-refractivity contribution in [1.29, 1.82) is 0 Å². The van der Waals surface area contributed by atoms with Crippen LogP contribution in [-0.2, 0) is 16.0 Å². The van der Waals surface area contributed by atoms with Crippen molar-refractivity contribution in [1.82, 2.24) is 15.0 Å². The molecule has 2 atom stereocenters. The molecule has 3 heterocycles. The highest BCUT2D eigenvalue weighted by Crippen LogP contribution is 2.28. The molecule has 0 aliphatic carbocycles. The van der Waals surface area contributed by atoms with Crippen LogP contribution >= 0.6 is 11.3 Å². The summed E-state index contributed by atoms with van der Waals surface area (Å²) in [4.78, 5) is 43.3. The van der Waals surface area contributed by atoms with Crippen molar-refractivity contribution in [3.63, 3.8) is 0 Å². The molecule has 39 heavy (non-hydrogen) atoms. The SMILES string of the molecule is CCN(C)c1nccc(N2CCC(Oc3ccc([C@H](C)CC(=O)c4sc(CC(=O)COC)nc4C)cc3)C2)n1. The summed E-state index contributed by atoms with van der Waals surface area (Å²) in [6.45, 7) is 8.50. The maximum atomic E-state index is 13.0. The van der Waals surface area contributed by atoms with Crippen LogP contribution < -0.4 is 14.5 Å². The number of thiazole rings is 1. The number of aryl methyl sites for hydroxylation is 1. The van der Waals surface area contributed by atoms with Gasteiger partial charge in [0, 0.05) is 46.3 Å². The first-order chi connectivity index (χ1) is 18.8. The van der Waals surface area contributed by atoms with Crippen LogP contribution in [0.15, 0.2) is 36.5 Å². The Labute approximate surface area is 234 Å². The van der Waals surface area contributed by atoms with Crippen LogP contribution in [0.4, 0.5) is 11.8 Å². The van der Waals surface area contributed by atoms with Gasteiger partial charge in [-0.15, -0.1) is 11.3 Å². The molecule has 1 aliphatic rings. The molecule has 0 saturated carbocycles. The van der Waals surface area contributed by atoms with E-state index in [-0.39, 0.29) is 36.6 Å². The molecule has 0 radical (unpaired) electrons. The van der Waals surface area contributed by atoms with Gasteiger partial charge in [-0.25, -0.2) is 9.97 Å². The summed E-state index contributed by atoms with van der Waals surface area (Å²) in [5.74, 6) is 2.51. The number of ketones is 2. The molecule has 3 aromatic rings. The Morgan fingerprint density at radius 1 is 1.21 bits per heavy atom. The maximum absolute atomic E-state index is 13.0. The first-order valence-electron chi connectivity index (χ1n) is 13.3. The second-order valence-electron chi connectivity index (χ2n) is 9.97. The fourth-order valence-electron chi connectivity index (χ4n) is 4.60. The van der Waals surface area contributed by atoms with E-state index in [4.69, 9.17) is 14.5 Å². The number of ether oxygens (including phenoxy) is 2. The molecule has 208 valence electrons. The number of hydrogen-bond donors (Lipinski definition) is 0. The fourth-order valence-corrected chi connectivity index (χ4v) is 5.64. The Balaban J connectivity index is 1.30. The highest BCUT2D eigenvalue weighted by atomic mass is 32.1. The molecule has 1 fully saturated rings. The van der Waals surface area contributed by atoms with Gasteiger partial charge in [-0.3, -0.25) is 9.59 Å². The summed E-state index contributed by atoms with van der Waals surface area (Å²) in [7, 11) is 3.48. The Morgan fingerprint density at radius 2 is 1.97 bits per heavy atom. The quantitative estimate of drug-likeness (QED) is 0.285. The number of carbonyl (C=O) groups is 2. The summed E-state index contributed by atoms with van der Waals surface area (Å²) in [6, 6.07) is 9.98. The lowest BCUT2D eigenvalue weighted by atomic mass is 9.95. The largest absolute Gasteiger partial charge is 0.489 e. The molecule has 0 amide bonds. The van der Waals surface area contributed by atoms with Crippen molar-refractivity contribution >= 4 is 34.7 Å². The van der Waals surface area contributed by atoms with E-state index in [2.05, 4.69) is 21.8 Å². The van der Waals surface area contributed by atoms with Gasteiger partial charge < -0.3 is 19.3 Å². The van der Waals surface area contributed by atoms with Gasteiger partial charge in [-0.2, -0.15) is 4.98 Å². The number of hydrogen-bond acceptors (Lipinski definition) is 10. The van der Waals surface area contributed by atoms with E-state index < -0.39 is 0 Å². The van der Waals surface area contributed by atoms with Gasteiger partial charge in [0.1, 0.15) is 29.3 Å². The molecular weight excluding hydrogens is 514 g/mol. The molecule has 0 N–H and O–H groups in total. The molecule has 10 heteroatoms. The van der Waals surface area contributed by atoms with E-state index in [0.29, 0.717) is 22.0 Å². The number of methoxy groups -OCH3 is 1. The predicted molar refractivity (Wildman–Crippen MR) is 153 cm³/mol. The standard InChI is InChI=1S/C29H37N5O4S/c1-6-33(4)29-30-13-11-26(32-29)34-14-12-24(17-34)38-23-9-7-21(8-10-23)19(2)15-25(36)28-20(3)31-27(39-28)16-22(35)18-37-5/h7-11,13,19,24H,6,12,14-18H2,1-5H3/t19-,24?/m1/s1. The van der Waals surface area contributed by atoms with E-state index in [1.807, 2.05) is 62.3 Å². The number of rotatable bonds is 13. The minimum atomic E-state index is -0.0470. The topological polar surface area (TPSA) is 97.8 Å². The summed E-state index contributed by atoms with van der Waals surface area (Å²) >= 11 is 1.31. The third-order valence-corrected chi connectivity index (χ3v) is 8.10. The summed E-state index contributed by atoms with van der Waals surface area (Å²) in [6.07, 6.45) is 3.38. The Bertz CT molecular complexity index is 1280. The predicted octanol–water partition coefficient (Wildman–Crippen LogP) is 4.49. The molecule has 0 spiro atoms. The first kappa shape index (κ1) is 28.6. The zero-order valence-electron chi connectivity index (χ0n) is 23.3. The molecule has 1 aliphatic heterocycles. The average molecular weight is 552 g/mol.